The van der Waals surface area contributed by atoms with Gasteiger partial charge in [-0.2, -0.15) is 4.98 Å². The monoisotopic (exact) mass is 329 g/mol. The lowest BCUT2D eigenvalue weighted by molar-refractivity contribution is 0.596. The quantitative estimate of drug-likeness (QED) is 0.609. The Labute approximate surface area is 134 Å². The average molecular weight is 330 g/mol. The van der Waals surface area contributed by atoms with Crippen LogP contribution < -0.4 is 5.73 Å². The molecule has 0 spiro atoms. The van der Waals surface area contributed by atoms with E-state index in [1.807, 2.05) is 0 Å². The Balaban J connectivity index is 2.04. The summed E-state index contributed by atoms with van der Waals surface area (Å²) in [7, 11) is 0. The summed E-state index contributed by atoms with van der Waals surface area (Å²) in [6.07, 6.45) is 4.76. The van der Waals surface area contributed by atoms with Gasteiger partial charge < -0.3 is 10.2 Å². The number of nitrogen functional groups attached to an aromatic ring is 1. The van der Waals surface area contributed by atoms with Crippen LogP contribution in [0.1, 0.15) is 0 Å². The minimum absolute atomic E-state index is 0.136. The van der Waals surface area contributed by atoms with Gasteiger partial charge in [-0.3, -0.25) is 4.40 Å². The number of hydrogen-bond donors (Lipinski definition) is 1. The number of aromatic nitrogens is 4. The van der Waals surface area contributed by atoms with Gasteiger partial charge in [-0.15, -0.1) is 0 Å². The Morgan fingerprint density at radius 1 is 1.22 bits per heavy atom. The first-order valence-electron chi connectivity index (χ1n) is 6.63. The second-order valence-corrected chi connectivity index (χ2v) is 5.20. The predicted molar refractivity (Wildman–Crippen MR) is 83.3 cm³/mol. The summed E-state index contributed by atoms with van der Waals surface area (Å²) in [5.74, 6) is 0.0825. The Morgan fingerprint density at radius 2 is 2.09 bits per heavy atom. The van der Waals surface area contributed by atoms with Crippen molar-refractivity contribution in [1.29, 1.82) is 0 Å². The van der Waals surface area contributed by atoms with Gasteiger partial charge in [0.05, 0.1) is 10.7 Å². The number of rotatable bonds is 2. The summed E-state index contributed by atoms with van der Waals surface area (Å²) in [5.41, 5.74) is 7.95. The summed E-state index contributed by atoms with van der Waals surface area (Å²) in [6, 6.07) is 5.82. The van der Waals surface area contributed by atoms with Gasteiger partial charge in [0.2, 0.25) is 5.95 Å². The van der Waals surface area contributed by atoms with Crippen molar-refractivity contribution >= 4 is 23.4 Å². The number of fused-ring (bicyclic) bond motifs is 1. The molecule has 2 N–H and O–H groups in total. The van der Waals surface area contributed by atoms with Crippen molar-refractivity contribution in [3.63, 3.8) is 0 Å². The van der Waals surface area contributed by atoms with Crippen LogP contribution in [0.5, 0.6) is 0 Å². The number of halogens is 2. The molecule has 3 heterocycles. The van der Waals surface area contributed by atoms with Crippen molar-refractivity contribution in [2.45, 2.75) is 0 Å². The third-order valence-electron chi connectivity index (χ3n) is 3.37. The lowest BCUT2D eigenvalue weighted by Gasteiger charge is -2.06. The molecule has 8 heteroatoms. The highest BCUT2D eigenvalue weighted by Gasteiger charge is 2.21. The van der Waals surface area contributed by atoms with E-state index in [1.165, 1.54) is 18.4 Å². The lowest BCUT2D eigenvalue weighted by atomic mass is 10.1. The Hall–Kier alpha value is -2.93. The molecule has 0 aliphatic carbocycles. The molecule has 0 aliphatic rings. The van der Waals surface area contributed by atoms with E-state index in [1.54, 1.807) is 28.9 Å². The molecule has 0 radical (unpaired) electrons. The van der Waals surface area contributed by atoms with Crippen molar-refractivity contribution < 1.29 is 8.81 Å². The van der Waals surface area contributed by atoms with Crippen molar-refractivity contribution in [1.82, 2.24) is 19.4 Å². The van der Waals surface area contributed by atoms with Gasteiger partial charge >= 0.3 is 5.84 Å². The van der Waals surface area contributed by atoms with Crippen molar-refractivity contribution in [2.24, 2.45) is 0 Å². The molecular formula is C15H9ClFN5O. The van der Waals surface area contributed by atoms with Gasteiger partial charge in [-0.05, 0) is 24.3 Å². The summed E-state index contributed by atoms with van der Waals surface area (Å²) in [6.45, 7) is 0. The summed E-state index contributed by atoms with van der Waals surface area (Å²) >= 11 is 6.17. The number of hydrogen-bond acceptors (Lipinski definition) is 5. The molecule has 0 aliphatic heterocycles. The van der Waals surface area contributed by atoms with Crippen LogP contribution in [0, 0.1) is 5.82 Å². The normalized spacial score (nSPS) is 11.2. The molecule has 0 bridgehead atoms. The van der Waals surface area contributed by atoms with Crippen LogP contribution in [0.2, 0.25) is 5.02 Å². The number of anilines is 1. The highest BCUT2D eigenvalue weighted by Crippen LogP contribution is 2.36. The van der Waals surface area contributed by atoms with E-state index >= 15 is 0 Å². The van der Waals surface area contributed by atoms with Crippen molar-refractivity contribution in [3.05, 3.63) is 53.8 Å². The Morgan fingerprint density at radius 3 is 2.87 bits per heavy atom. The molecule has 0 saturated carbocycles. The van der Waals surface area contributed by atoms with Crippen LogP contribution in [0.15, 0.2) is 47.3 Å². The maximum atomic E-state index is 13.3. The highest BCUT2D eigenvalue weighted by atomic mass is 35.5. The molecule has 1 aromatic carbocycles. The van der Waals surface area contributed by atoms with E-state index in [0.29, 0.717) is 28.5 Å². The van der Waals surface area contributed by atoms with Gasteiger partial charge in [0.15, 0.2) is 0 Å². The van der Waals surface area contributed by atoms with Crippen LogP contribution in [0.4, 0.5) is 10.3 Å². The number of nitrogens with two attached hydrogens (primary N) is 1. The number of nitrogens with zero attached hydrogens (tertiary/aromatic N) is 4. The molecule has 3 aromatic heterocycles. The lowest BCUT2D eigenvalue weighted by Crippen LogP contribution is -1.97. The topological polar surface area (TPSA) is 82.2 Å². The minimum Gasteiger partial charge on any atom is -0.432 e. The molecule has 6 nitrogen and oxygen atoms in total. The highest BCUT2D eigenvalue weighted by molar-refractivity contribution is 6.33. The van der Waals surface area contributed by atoms with Crippen LogP contribution in [0.25, 0.3) is 28.5 Å². The van der Waals surface area contributed by atoms with E-state index in [-0.39, 0.29) is 11.0 Å². The second kappa shape index (κ2) is 5.06. The minimum atomic E-state index is -0.422. The Kier molecular flexibility index (Phi) is 3.02. The zero-order valence-corrected chi connectivity index (χ0v) is 12.3. The molecule has 0 amide bonds. The fourth-order valence-corrected chi connectivity index (χ4v) is 2.66. The Bertz CT molecular complexity index is 1030. The van der Waals surface area contributed by atoms with E-state index in [9.17, 15) is 4.39 Å². The van der Waals surface area contributed by atoms with Crippen molar-refractivity contribution in [2.75, 3.05) is 5.73 Å². The first-order chi connectivity index (χ1) is 11.1. The van der Waals surface area contributed by atoms with Gasteiger partial charge in [0.1, 0.15) is 23.5 Å². The maximum absolute atomic E-state index is 13.3. The zero-order valence-electron chi connectivity index (χ0n) is 11.6. The van der Waals surface area contributed by atoms with E-state index < -0.39 is 5.82 Å². The third-order valence-corrected chi connectivity index (χ3v) is 3.68. The number of imidazole rings is 1. The molecule has 114 valence electrons. The number of benzene rings is 1. The second-order valence-electron chi connectivity index (χ2n) is 4.79. The zero-order chi connectivity index (χ0) is 16.0. The molecular weight excluding hydrogens is 321 g/mol. The molecule has 4 aromatic rings. The maximum Gasteiger partial charge on any atom is 0.306 e. The van der Waals surface area contributed by atoms with E-state index in [2.05, 4.69) is 15.0 Å². The molecule has 23 heavy (non-hydrogen) atoms. The van der Waals surface area contributed by atoms with Gasteiger partial charge in [-0.25, -0.2) is 14.4 Å². The smallest absolute Gasteiger partial charge is 0.306 e. The van der Waals surface area contributed by atoms with Crippen molar-refractivity contribution in [3.8, 4) is 22.6 Å². The fourth-order valence-electron chi connectivity index (χ4n) is 2.41. The summed E-state index contributed by atoms with van der Waals surface area (Å²) in [5, 5.41) is 0.244. The summed E-state index contributed by atoms with van der Waals surface area (Å²) < 4.78 is 20.4. The van der Waals surface area contributed by atoms with Gasteiger partial charge in [-0.1, -0.05) is 11.6 Å². The summed E-state index contributed by atoms with van der Waals surface area (Å²) in [4.78, 5) is 12.5. The fraction of sp³-hybridized carbons (Fsp3) is 0. The van der Waals surface area contributed by atoms with Crippen LogP contribution in [0.3, 0.4) is 0 Å². The van der Waals surface area contributed by atoms with Crippen LogP contribution in [-0.4, -0.2) is 19.4 Å². The van der Waals surface area contributed by atoms with E-state index in [4.69, 9.17) is 21.8 Å². The average Bonchev–Trinajstić information content (AvgIpc) is 3.07. The number of oxazole rings is 1. The molecule has 0 fully saturated rings. The standard InChI is InChI=1S/C15H9ClFN5O/c16-10-7-8(17)1-2-9(10)12-13(11-3-4-19-14(18)20-11)22-5-6-23-15(22)21-12/h1-7H,(H2,18,19,20). The van der Waals surface area contributed by atoms with Crippen LogP contribution in [-0.2, 0) is 0 Å². The molecule has 4 rings (SSSR count). The third kappa shape index (κ3) is 2.22. The molecule has 0 saturated heterocycles. The first kappa shape index (κ1) is 13.7. The van der Waals surface area contributed by atoms with Gasteiger partial charge in [0.25, 0.3) is 0 Å². The first-order valence-corrected chi connectivity index (χ1v) is 7.01. The van der Waals surface area contributed by atoms with Crippen LogP contribution >= 0.6 is 11.6 Å². The molecule has 0 atom stereocenters. The largest absolute Gasteiger partial charge is 0.432 e. The van der Waals surface area contributed by atoms with Gasteiger partial charge in [0, 0.05) is 18.0 Å². The predicted octanol–water partition coefficient (Wildman–Crippen LogP) is 3.43. The van der Waals surface area contributed by atoms with E-state index in [0.717, 1.165) is 0 Å². The SMILES string of the molecule is Nc1nccc(-c2c(-c3ccc(F)cc3Cl)nc3occn23)n1. The molecule has 0 unspecified atom stereocenters.